The molecule has 15 heavy (non-hydrogen) atoms. The van der Waals surface area contributed by atoms with Gasteiger partial charge in [0.05, 0.1) is 17.7 Å². The molecule has 0 heterocycles. The predicted octanol–water partition coefficient (Wildman–Crippen LogP) is 2.81. The Morgan fingerprint density at radius 1 is 1.27 bits per heavy atom. The van der Waals surface area contributed by atoms with E-state index in [0.29, 0.717) is 0 Å². The monoisotopic (exact) mass is 225 g/mol. The third-order valence-corrected chi connectivity index (χ3v) is 1.91. The summed E-state index contributed by atoms with van der Waals surface area (Å²) in [6, 6.07) is 2.45. The molecule has 84 valence electrons. The summed E-state index contributed by atoms with van der Waals surface area (Å²) in [7, 11) is 0. The maximum absolute atomic E-state index is 13.2. The highest BCUT2D eigenvalue weighted by molar-refractivity contribution is 5.30. The fraction of sp³-hybridized carbons (Fsp3) is 0.333. The van der Waals surface area contributed by atoms with Gasteiger partial charge in [0.1, 0.15) is 5.82 Å². The predicted molar refractivity (Wildman–Crippen MR) is 44.3 cm³/mol. The molecule has 0 aliphatic heterocycles. The average Bonchev–Trinajstić information content (AvgIpc) is 2.17. The first-order chi connectivity index (χ1) is 6.90. The second-order valence-corrected chi connectivity index (χ2v) is 2.92. The van der Waals surface area contributed by atoms with Crippen LogP contribution in [0.25, 0.3) is 0 Å². The van der Waals surface area contributed by atoms with Crippen molar-refractivity contribution >= 4 is 0 Å². The number of halogens is 5. The zero-order valence-electron chi connectivity index (χ0n) is 7.48. The molecule has 1 nitrogen and oxygen atoms in total. The highest BCUT2D eigenvalue weighted by Crippen LogP contribution is 2.33. The Kier molecular flexibility index (Phi) is 3.28. The maximum atomic E-state index is 13.2. The smallest absolute Gasteiger partial charge is 0.288 e. The Morgan fingerprint density at radius 2 is 1.87 bits per heavy atom. The SMILES string of the molecule is NCC(F)(F)c1cccc(C(F)F)c1F. The van der Waals surface area contributed by atoms with Crippen LogP contribution in [0.5, 0.6) is 0 Å². The second-order valence-electron chi connectivity index (χ2n) is 2.92. The minimum atomic E-state index is -3.63. The zero-order valence-corrected chi connectivity index (χ0v) is 7.48. The summed E-state index contributed by atoms with van der Waals surface area (Å²) in [5.74, 6) is -5.22. The van der Waals surface area contributed by atoms with Crippen LogP contribution in [0.3, 0.4) is 0 Å². The lowest BCUT2D eigenvalue weighted by atomic mass is 10.0. The summed E-state index contributed by atoms with van der Waals surface area (Å²) in [5.41, 5.74) is 2.59. The van der Waals surface area contributed by atoms with Crippen molar-refractivity contribution in [3.05, 3.63) is 35.1 Å². The molecule has 0 aromatic heterocycles. The van der Waals surface area contributed by atoms with Gasteiger partial charge in [-0.05, 0) is 0 Å². The van der Waals surface area contributed by atoms with Gasteiger partial charge >= 0.3 is 0 Å². The van der Waals surface area contributed by atoms with Gasteiger partial charge in [-0.2, -0.15) is 8.78 Å². The van der Waals surface area contributed by atoms with Crippen molar-refractivity contribution in [2.45, 2.75) is 12.3 Å². The minimum absolute atomic E-state index is 0.744. The molecular formula is C9H8F5N. The first-order valence-corrected chi connectivity index (χ1v) is 4.05. The van der Waals surface area contributed by atoms with E-state index in [0.717, 1.165) is 18.2 Å². The first-order valence-electron chi connectivity index (χ1n) is 4.05. The van der Waals surface area contributed by atoms with Crippen molar-refractivity contribution in [1.29, 1.82) is 0 Å². The van der Waals surface area contributed by atoms with Gasteiger partial charge < -0.3 is 5.73 Å². The quantitative estimate of drug-likeness (QED) is 0.786. The molecule has 1 aromatic carbocycles. The molecule has 0 spiro atoms. The van der Waals surface area contributed by atoms with E-state index in [1.165, 1.54) is 0 Å². The average molecular weight is 225 g/mol. The number of rotatable bonds is 3. The molecule has 0 saturated carbocycles. The fourth-order valence-electron chi connectivity index (χ4n) is 1.11. The van der Waals surface area contributed by atoms with E-state index < -0.39 is 35.8 Å². The van der Waals surface area contributed by atoms with Gasteiger partial charge in [-0.3, -0.25) is 0 Å². The van der Waals surface area contributed by atoms with Crippen LogP contribution in [0.1, 0.15) is 17.6 Å². The molecule has 0 fully saturated rings. The fourth-order valence-corrected chi connectivity index (χ4v) is 1.11. The molecule has 0 saturated heterocycles. The summed E-state index contributed by atoms with van der Waals surface area (Å²) in [6.07, 6.45) is -3.13. The van der Waals surface area contributed by atoms with Crippen LogP contribution in [-0.4, -0.2) is 6.54 Å². The minimum Gasteiger partial charge on any atom is -0.325 e. The van der Waals surface area contributed by atoms with Crippen LogP contribution in [0.4, 0.5) is 22.0 Å². The van der Waals surface area contributed by atoms with Gasteiger partial charge in [0.2, 0.25) is 0 Å². The zero-order chi connectivity index (χ0) is 11.6. The standard InChI is InChI=1S/C9H8F5N/c10-7-5(8(11)12)2-1-3-6(7)9(13,14)4-15/h1-3,8H,4,15H2. The normalized spacial score (nSPS) is 12.2. The van der Waals surface area contributed by atoms with E-state index in [9.17, 15) is 22.0 Å². The maximum Gasteiger partial charge on any atom is 0.288 e. The summed E-state index contributed by atoms with van der Waals surface area (Å²) in [6.45, 7) is -1.13. The second kappa shape index (κ2) is 4.14. The van der Waals surface area contributed by atoms with E-state index in [1.807, 2.05) is 0 Å². The Balaban J connectivity index is 3.27. The van der Waals surface area contributed by atoms with Gasteiger partial charge in [0.15, 0.2) is 0 Å². The third kappa shape index (κ3) is 2.26. The number of hydrogen-bond acceptors (Lipinski definition) is 1. The van der Waals surface area contributed by atoms with E-state index in [-0.39, 0.29) is 0 Å². The number of alkyl halides is 4. The van der Waals surface area contributed by atoms with E-state index in [4.69, 9.17) is 5.73 Å². The van der Waals surface area contributed by atoms with Crippen molar-refractivity contribution in [2.24, 2.45) is 5.73 Å². The lowest BCUT2D eigenvalue weighted by molar-refractivity contribution is 0.00170. The third-order valence-electron chi connectivity index (χ3n) is 1.91. The molecule has 0 aliphatic rings. The molecule has 0 bridgehead atoms. The van der Waals surface area contributed by atoms with Crippen LogP contribution in [0.15, 0.2) is 18.2 Å². The van der Waals surface area contributed by atoms with E-state index >= 15 is 0 Å². The van der Waals surface area contributed by atoms with Crippen LogP contribution in [0.2, 0.25) is 0 Å². The molecule has 0 unspecified atom stereocenters. The summed E-state index contributed by atoms with van der Waals surface area (Å²) in [4.78, 5) is 0. The molecule has 6 heteroatoms. The van der Waals surface area contributed by atoms with Crippen molar-refractivity contribution in [2.75, 3.05) is 6.54 Å². The number of hydrogen-bond donors (Lipinski definition) is 1. The number of nitrogens with two attached hydrogens (primary N) is 1. The molecule has 0 amide bonds. The Morgan fingerprint density at radius 3 is 2.33 bits per heavy atom. The summed E-state index contributed by atoms with van der Waals surface area (Å²) < 4.78 is 63.5. The Bertz CT molecular complexity index is 350. The van der Waals surface area contributed by atoms with Gasteiger partial charge in [-0.25, -0.2) is 13.2 Å². The van der Waals surface area contributed by atoms with Crippen molar-refractivity contribution < 1.29 is 22.0 Å². The van der Waals surface area contributed by atoms with Crippen LogP contribution in [-0.2, 0) is 5.92 Å². The molecule has 1 aromatic rings. The molecule has 2 N–H and O–H groups in total. The lowest BCUT2D eigenvalue weighted by Gasteiger charge is -2.16. The van der Waals surface area contributed by atoms with Gasteiger partial charge in [0, 0.05) is 0 Å². The lowest BCUT2D eigenvalue weighted by Crippen LogP contribution is -2.26. The topological polar surface area (TPSA) is 26.0 Å². The van der Waals surface area contributed by atoms with Gasteiger partial charge in [-0.1, -0.05) is 18.2 Å². The van der Waals surface area contributed by atoms with Crippen LogP contribution in [0, 0.1) is 5.82 Å². The molecular weight excluding hydrogens is 217 g/mol. The molecule has 0 radical (unpaired) electrons. The highest BCUT2D eigenvalue weighted by atomic mass is 19.3. The van der Waals surface area contributed by atoms with E-state index in [2.05, 4.69) is 0 Å². The van der Waals surface area contributed by atoms with Crippen molar-refractivity contribution in [1.82, 2.24) is 0 Å². The van der Waals surface area contributed by atoms with E-state index in [1.54, 1.807) is 0 Å². The van der Waals surface area contributed by atoms with Gasteiger partial charge in [-0.15, -0.1) is 0 Å². The van der Waals surface area contributed by atoms with Gasteiger partial charge in [0.25, 0.3) is 12.3 Å². The number of benzene rings is 1. The van der Waals surface area contributed by atoms with Crippen LogP contribution >= 0.6 is 0 Å². The molecule has 1 rings (SSSR count). The summed E-state index contributed by atoms with van der Waals surface area (Å²) >= 11 is 0. The molecule has 0 aliphatic carbocycles. The largest absolute Gasteiger partial charge is 0.325 e. The Hall–Kier alpha value is -1.17. The highest BCUT2D eigenvalue weighted by Gasteiger charge is 2.34. The van der Waals surface area contributed by atoms with Crippen LogP contribution < -0.4 is 5.73 Å². The summed E-state index contributed by atoms with van der Waals surface area (Å²) in [5, 5.41) is 0. The molecule has 0 atom stereocenters. The van der Waals surface area contributed by atoms with Crippen molar-refractivity contribution in [3.63, 3.8) is 0 Å². The van der Waals surface area contributed by atoms with Crippen molar-refractivity contribution in [3.8, 4) is 0 Å². The first kappa shape index (κ1) is 11.9. The Labute approximate surface area is 82.7 Å².